The van der Waals surface area contributed by atoms with Gasteiger partial charge in [0.1, 0.15) is 17.6 Å². The Labute approximate surface area is 133 Å². The van der Waals surface area contributed by atoms with Crippen LogP contribution in [-0.4, -0.2) is 10.1 Å². The molecule has 2 aromatic carbocycles. The lowest BCUT2D eigenvalue weighted by molar-refractivity contribution is 0.220. The van der Waals surface area contributed by atoms with E-state index in [4.69, 9.17) is 16.3 Å². The average molecular weight is 312 g/mol. The number of hydrogen-bond acceptors (Lipinski definition) is 3. The monoisotopic (exact) mass is 311 g/mol. The highest BCUT2D eigenvalue weighted by molar-refractivity contribution is 6.30. The maximum atomic E-state index is 10.3. The molecule has 22 heavy (non-hydrogen) atoms. The molecule has 3 aromatic rings. The second kappa shape index (κ2) is 6.60. The smallest absolute Gasteiger partial charge is 0.128 e. The molecule has 3 rings (SSSR count). The number of aliphatic hydroxyl groups excluding tert-OH is 1. The van der Waals surface area contributed by atoms with Crippen LogP contribution in [0.4, 0.5) is 0 Å². The standard InChI is InChI=1S/C18H14ClNO2/c19-15-4-1-5-17(11-15)22-16-8-6-13(7-9-16)18(21)14-3-2-10-20-12-14/h1-12,18,21H. The molecule has 0 saturated heterocycles. The summed E-state index contributed by atoms with van der Waals surface area (Å²) in [6, 6.07) is 18.1. The third-order valence-electron chi connectivity index (χ3n) is 3.23. The highest BCUT2D eigenvalue weighted by Gasteiger charge is 2.10. The topological polar surface area (TPSA) is 42.4 Å². The van der Waals surface area contributed by atoms with E-state index in [1.807, 2.05) is 42.5 Å². The van der Waals surface area contributed by atoms with E-state index in [9.17, 15) is 5.11 Å². The predicted octanol–water partition coefficient (Wildman–Crippen LogP) is 4.61. The Balaban J connectivity index is 1.75. The molecular formula is C18H14ClNO2. The third kappa shape index (κ3) is 3.45. The van der Waals surface area contributed by atoms with Gasteiger partial charge in [0.05, 0.1) is 0 Å². The molecule has 0 amide bonds. The molecule has 110 valence electrons. The molecule has 0 bridgehead atoms. The average Bonchev–Trinajstić information content (AvgIpc) is 2.56. The number of rotatable bonds is 4. The Kier molecular flexibility index (Phi) is 4.37. The number of halogens is 1. The van der Waals surface area contributed by atoms with E-state index in [0.717, 1.165) is 11.1 Å². The van der Waals surface area contributed by atoms with Crippen molar-refractivity contribution in [2.45, 2.75) is 6.10 Å². The van der Waals surface area contributed by atoms with Crippen molar-refractivity contribution in [3.8, 4) is 11.5 Å². The first-order chi connectivity index (χ1) is 10.7. The molecule has 1 unspecified atom stereocenters. The largest absolute Gasteiger partial charge is 0.457 e. The molecule has 0 spiro atoms. The van der Waals surface area contributed by atoms with Crippen LogP contribution in [0.3, 0.4) is 0 Å². The first-order valence-corrected chi connectivity index (χ1v) is 7.21. The Morgan fingerprint density at radius 2 is 1.73 bits per heavy atom. The molecule has 1 atom stereocenters. The van der Waals surface area contributed by atoms with Gasteiger partial charge in [0.25, 0.3) is 0 Å². The Bertz CT molecular complexity index is 745. The van der Waals surface area contributed by atoms with E-state index in [1.54, 1.807) is 30.6 Å². The number of aliphatic hydroxyl groups is 1. The molecule has 0 aliphatic heterocycles. The van der Waals surface area contributed by atoms with Gasteiger partial charge in [-0.05, 0) is 42.0 Å². The first kappa shape index (κ1) is 14.6. The van der Waals surface area contributed by atoms with Crippen molar-refractivity contribution in [2.24, 2.45) is 0 Å². The van der Waals surface area contributed by atoms with E-state index >= 15 is 0 Å². The molecular weight excluding hydrogens is 298 g/mol. The Morgan fingerprint density at radius 1 is 0.909 bits per heavy atom. The van der Waals surface area contributed by atoms with Gasteiger partial charge in [-0.2, -0.15) is 0 Å². The highest BCUT2D eigenvalue weighted by atomic mass is 35.5. The molecule has 0 fully saturated rings. The van der Waals surface area contributed by atoms with E-state index in [2.05, 4.69) is 4.98 Å². The van der Waals surface area contributed by atoms with Gasteiger partial charge in [0, 0.05) is 23.0 Å². The normalized spacial score (nSPS) is 11.9. The first-order valence-electron chi connectivity index (χ1n) is 6.84. The minimum absolute atomic E-state index is 0.626. The van der Waals surface area contributed by atoms with Crippen LogP contribution in [0.1, 0.15) is 17.2 Å². The van der Waals surface area contributed by atoms with Crippen molar-refractivity contribution in [3.05, 3.63) is 89.2 Å². The van der Waals surface area contributed by atoms with Crippen LogP contribution in [0, 0.1) is 0 Å². The van der Waals surface area contributed by atoms with Crippen molar-refractivity contribution in [1.82, 2.24) is 4.98 Å². The lowest BCUT2D eigenvalue weighted by Gasteiger charge is -2.12. The molecule has 0 aliphatic rings. The van der Waals surface area contributed by atoms with Crippen LogP contribution in [0.2, 0.25) is 5.02 Å². The molecule has 3 nitrogen and oxygen atoms in total. The molecule has 0 radical (unpaired) electrons. The fourth-order valence-electron chi connectivity index (χ4n) is 2.11. The number of pyridine rings is 1. The van der Waals surface area contributed by atoms with Gasteiger partial charge in [-0.25, -0.2) is 0 Å². The minimum Gasteiger partial charge on any atom is -0.457 e. The van der Waals surface area contributed by atoms with Gasteiger partial charge in [-0.15, -0.1) is 0 Å². The second-order valence-corrected chi connectivity index (χ2v) is 5.25. The zero-order chi connectivity index (χ0) is 15.4. The maximum absolute atomic E-state index is 10.3. The summed E-state index contributed by atoms with van der Waals surface area (Å²) in [6.45, 7) is 0. The summed E-state index contributed by atoms with van der Waals surface area (Å²) in [5.41, 5.74) is 1.54. The van der Waals surface area contributed by atoms with Crippen LogP contribution in [-0.2, 0) is 0 Å². The fourth-order valence-corrected chi connectivity index (χ4v) is 2.30. The van der Waals surface area contributed by atoms with Crippen LogP contribution in [0.5, 0.6) is 11.5 Å². The molecule has 1 heterocycles. The zero-order valence-corrected chi connectivity index (χ0v) is 12.4. The summed E-state index contributed by atoms with van der Waals surface area (Å²) in [5.74, 6) is 1.36. The van der Waals surface area contributed by atoms with E-state index in [1.165, 1.54) is 0 Å². The zero-order valence-electron chi connectivity index (χ0n) is 11.7. The van der Waals surface area contributed by atoms with Crippen molar-refractivity contribution in [2.75, 3.05) is 0 Å². The van der Waals surface area contributed by atoms with Crippen molar-refractivity contribution in [1.29, 1.82) is 0 Å². The van der Waals surface area contributed by atoms with Crippen molar-refractivity contribution in [3.63, 3.8) is 0 Å². The van der Waals surface area contributed by atoms with Gasteiger partial charge < -0.3 is 9.84 Å². The summed E-state index contributed by atoms with van der Waals surface area (Å²) in [5, 5.41) is 10.9. The van der Waals surface area contributed by atoms with E-state index in [0.29, 0.717) is 16.5 Å². The van der Waals surface area contributed by atoms with Crippen LogP contribution >= 0.6 is 11.6 Å². The Morgan fingerprint density at radius 3 is 2.41 bits per heavy atom. The third-order valence-corrected chi connectivity index (χ3v) is 3.46. The van der Waals surface area contributed by atoms with Gasteiger partial charge in [0.2, 0.25) is 0 Å². The number of nitrogens with zero attached hydrogens (tertiary/aromatic N) is 1. The Hall–Kier alpha value is -2.36. The number of ether oxygens (including phenoxy) is 1. The second-order valence-electron chi connectivity index (χ2n) is 4.82. The van der Waals surface area contributed by atoms with Gasteiger partial charge in [-0.1, -0.05) is 35.9 Å². The summed E-state index contributed by atoms with van der Waals surface area (Å²) in [6.07, 6.45) is 2.63. The highest BCUT2D eigenvalue weighted by Crippen LogP contribution is 2.27. The molecule has 1 aromatic heterocycles. The summed E-state index contributed by atoms with van der Waals surface area (Å²) >= 11 is 5.93. The lowest BCUT2D eigenvalue weighted by Crippen LogP contribution is -1.99. The summed E-state index contributed by atoms with van der Waals surface area (Å²) < 4.78 is 5.72. The molecule has 4 heteroatoms. The van der Waals surface area contributed by atoms with Gasteiger partial charge in [0.15, 0.2) is 0 Å². The number of hydrogen-bond donors (Lipinski definition) is 1. The maximum Gasteiger partial charge on any atom is 0.128 e. The molecule has 0 saturated carbocycles. The number of aromatic nitrogens is 1. The molecule has 1 N–H and O–H groups in total. The van der Waals surface area contributed by atoms with E-state index in [-0.39, 0.29) is 0 Å². The van der Waals surface area contributed by atoms with Crippen molar-refractivity contribution < 1.29 is 9.84 Å². The summed E-state index contributed by atoms with van der Waals surface area (Å²) in [7, 11) is 0. The lowest BCUT2D eigenvalue weighted by atomic mass is 10.0. The predicted molar refractivity (Wildman–Crippen MR) is 86.3 cm³/mol. The summed E-state index contributed by atoms with van der Waals surface area (Å²) in [4.78, 5) is 4.02. The van der Waals surface area contributed by atoms with Gasteiger partial charge in [-0.3, -0.25) is 4.98 Å². The SMILES string of the molecule is OC(c1ccc(Oc2cccc(Cl)c2)cc1)c1cccnc1. The van der Waals surface area contributed by atoms with Crippen LogP contribution < -0.4 is 4.74 Å². The van der Waals surface area contributed by atoms with Gasteiger partial charge >= 0.3 is 0 Å². The number of benzene rings is 2. The van der Waals surface area contributed by atoms with Crippen molar-refractivity contribution >= 4 is 11.6 Å². The fraction of sp³-hybridized carbons (Fsp3) is 0.0556. The van der Waals surface area contributed by atoms with Crippen LogP contribution in [0.25, 0.3) is 0 Å². The minimum atomic E-state index is -0.700. The van der Waals surface area contributed by atoms with Crippen LogP contribution in [0.15, 0.2) is 73.1 Å². The van der Waals surface area contributed by atoms with E-state index < -0.39 is 6.10 Å². The quantitative estimate of drug-likeness (QED) is 0.765. The molecule has 0 aliphatic carbocycles.